The number of benzene rings is 2. The molecule has 4 fully saturated rings. The van der Waals surface area contributed by atoms with E-state index in [4.69, 9.17) is 42.6 Å². The number of rotatable bonds is 14. The third-order valence-electron chi connectivity index (χ3n) is 10.7. The van der Waals surface area contributed by atoms with E-state index in [-0.39, 0.29) is 24.3 Å². The fourth-order valence-corrected chi connectivity index (χ4v) is 7.09. The molecule has 4 aliphatic heterocycles. The van der Waals surface area contributed by atoms with Crippen LogP contribution in [0.3, 0.4) is 0 Å². The van der Waals surface area contributed by atoms with Crippen molar-refractivity contribution in [2.24, 2.45) is 0 Å². The smallest absolute Gasteiger partial charge is 0.331 e. The maximum absolute atomic E-state index is 13.4. The lowest BCUT2D eigenvalue weighted by Gasteiger charge is -2.48. The van der Waals surface area contributed by atoms with Crippen LogP contribution in [0.4, 0.5) is 0 Å². The topological polar surface area (TPSA) is 363 Å². The number of esters is 1. The Morgan fingerprint density at radius 2 is 1.23 bits per heavy atom. The van der Waals surface area contributed by atoms with Gasteiger partial charge in [-0.3, -0.25) is 0 Å². The summed E-state index contributed by atoms with van der Waals surface area (Å²) < 4.78 is 51.7. The maximum Gasteiger partial charge on any atom is 0.331 e. The first kappa shape index (κ1) is 47.6. The van der Waals surface area contributed by atoms with Gasteiger partial charge in [-0.25, -0.2) is 4.79 Å². The van der Waals surface area contributed by atoms with Gasteiger partial charge in [0, 0.05) is 6.08 Å². The molecule has 62 heavy (non-hydrogen) atoms. The van der Waals surface area contributed by atoms with Crippen LogP contribution in [0.5, 0.6) is 23.0 Å². The molecule has 4 heterocycles. The molecule has 6 rings (SSSR count). The fraction of sp³-hybridized carbons (Fsp3) is 0.615. The molecule has 0 unspecified atom stereocenters. The number of hydrogen-bond donors (Lipinski definition) is 13. The first-order chi connectivity index (χ1) is 29.4. The van der Waals surface area contributed by atoms with Crippen molar-refractivity contribution in [3.05, 3.63) is 53.6 Å². The van der Waals surface area contributed by atoms with Crippen LogP contribution in [0.1, 0.15) is 18.1 Å². The lowest BCUT2D eigenvalue weighted by Crippen LogP contribution is -2.66. The summed E-state index contributed by atoms with van der Waals surface area (Å²) in [6.45, 7) is -0.326. The number of ether oxygens (including phenoxy) is 9. The molecule has 23 nitrogen and oxygen atoms in total. The highest BCUT2D eigenvalue weighted by Crippen LogP contribution is 2.34. The number of carbonyl (C=O) groups is 1. The van der Waals surface area contributed by atoms with Crippen LogP contribution >= 0.6 is 0 Å². The fourth-order valence-electron chi connectivity index (χ4n) is 7.09. The first-order valence-electron chi connectivity index (χ1n) is 19.6. The normalized spacial score (nSPS) is 39.1. The van der Waals surface area contributed by atoms with Gasteiger partial charge in [-0.2, -0.15) is 0 Å². The second-order valence-electron chi connectivity index (χ2n) is 15.2. The van der Waals surface area contributed by atoms with Crippen LogP contribution in [-0.4, -0.2) is 209 Å². The quantitative estimate of drug-likeness (QED) is 0.0487. The minimum atomic E-state index is -1.99. The van der Waals surface area contributed by atoms with E-state index in [1.807, 2.05) is 0 Å². The number of carbonyl (C=O) groups excluding carboxylic acids is 1. The number of aliphatic hydroxyl groups excluding tert-OH is 9. The highest BCUT2D eigenvalue weighted by atomic mass is 16.8. The van der Waals surface area contributed by atoms with Crippen LogP contribution in [0.25, 0.3) is 6.08 Å². The Balaban J connectivity index is 1.26. The van der Waals surface area contributed by atoms with E-state index in [9.17, 15) is 71.2 Å². The van der Waals surface area contributed by atoms with Crippen molar-refractivity contribution >= 4 is 12.0 Å². The molecule has 0 spiro atoms. The standard InChI is InChI=1S/C39H52O23/c1-15-33(61-37-30(51)27(48)23(45)13-56-37)28(49)31(52)39(58-15)62-35-32(53)38(54-9-8-17-3-6-19(41)21(43)11-17)59-24(14-57-36-29(50)26(47)22(44)12-55-36)34(35)60-25(46)7-4-16-2-5-18(40)20(42)10-16/h2-7,10-11,15,22-24,26-45,47-53H,8-9,12-14H2,1H3/t15-,22+,23+,24+,26-,27-,28-,29+,30+,31+,32+,33-,34+,35+,36-,37-,38+,39-/m0/s1. The zero-order chi connectivity index (χ0) is 45.0. The van der Waals surface area contributed by atoms with Gasteiger partial charge in [-0.05, 0) is 54.8 Å². The molecule has 4 aliphatic rings. The molecule has 18 atom stereocenters. The largest absolute Gasteiger partial charge is 0.504 e. The minimum absolute atomic E-state index is 0.0936. The van der Waals surface area contributed by atoms with Crippen LogP contribution in [-0.2, 0) is 53.8 Å². The first-order valence-corrected chi connectivity index (χ1v) is 19.6. The Labute approximate surface area is 352 Å². The molecule has 0 saturated carbocycles. The highest BCUT2D eigenvalue weighted by molar-refractivity contribution is 5.87. The number of phenols is 4. The lowest BCUT2D eigenvalue weighted by atomic mass is 9.96. The summed E-state index contributed by atoms with van der Waals surface area (Å²) in [6.07, 6.45) is -27.5. The van der Waals surface area contributed by atoms with E-state index in [1.165, 1.54) is 43.3 Å². The van der Waals surface area contributed by atoms with Crippen molar-refractivity contribution in [2.45, 2.75) is 124 Å². The minimum Gasteiger partial charge on any atom is -0.504 e. The van der Waals surface area contributed by atoms with Gasteiger partial charge in [0.15, 0.2) is 54.3 Å². The number of aromatic hydroxyl groups is 4. The molecule has 2 aromatic carbocycles. The van der Waals surface area contributed by atoms with Crippen molar-refractivity contribution in [1.82, 2.24) is 0 Å². The van der Waals surface area contributed by atoms with Gasteiger partial charge in [0.25, 0.3) is 0 Å². The van der Waals surface area contributed by atoms with Crippen molar-refractivity contribution in [1.29, 1.82) is 0 Å². The average molecular weight is 889 g/mol. The van der Waals surface area contributed by atoms with E-state index in [0.717, 1.165) is 12.1 Å². The summed E-state index contributed by atoms with van der Waals surface area (Å²) in [5.74, 6) is -2.77. The molecule has 346 valence electrons. The van der Waals surface area contributed by atoms with Crippen LogP contribution in [0.15, 0.2) is 42.5 Å². The van der Waals surface area contributed by atoms with Gasteiger partial charge in [0.1, 0.15) is 73.2 Å². The average Bonchev–Trinajstić information content (AvgIpc) is 3.24. The van der Waals surface area contributed by atoms with Crippen molar-refractivity contribution < 1.29 is 114 Å². The second-order valence-corrected chi connectivity index (χ2v) is 15.2. The van der Waals surface area contributed by atoms with E-state index in [1.54, 1.807) is 0 Å². The van der Waals surface area contributed by atoms with Gasteiger partial charge in [-0.1, -0.05) is 12.1 Å². The number of phenolic OH excluding ortho intramolecular Hbond substituents is 4. The van der Waals surface area contributed by atoms with E-state index in [0.29, 0.717) is 5.56 Å². The zero-order valence-electron chi connectivity index (χ0n) is 32.9. The monoisotopic (exact) mass is 888 g/mol. The summed E-state index contributed by atoms with van der Waals surface area (Å²) in [7, 11) is 0. The van der Waals surface area contributed by atoms with Crippen LogP contribution in [0, 0.1) is 0 Å². The molecule has 23 heteroatoms. The molecule has 2 aromatic rings. The third kappa shape index (κ3) is 11.1. The van der Waals surface area contributed by atoms with Gasteiger partial charge >= 0.3 is 5.97 Å². The van der Waals surface area contributed by atoms with Gasteiger partial charge in [0.05, 0.1) is 32.5 Å². The zero-order valence-corrected chi connectivity index (χ0v) is 32.9. The summed E-state index contributed by atoms with van der Waals surface area (Å²) in [4.78, 5) is 13.4. The Morgan fingerprint density at radius 3 is 1.89 bits per heavy atom. The van der Waals surface area contributed by atoms with Crippen LogP contribution in [0.2, 0.25) is 0 Å². The molecule has 4 saturated heterocycles. The molecule has 0 radical (unpaired) electrons. The molecule has 0 aliphatic carbocycles. The Hall–Kier alpha value is -3.83. The Kier molecular flexibility index (Phi) is 16.0. The molecule has 0 bridgehead atoms. The second kappa shape index (κ2) is 20.8. The molecule has 0 aromatic heterocycles. The molecular weight excluding hydrogens is 836 g/mol. The van der Waals surface area contributed by atoms with E-state index < -0.39 is 154 Å². The van der Waals surface area contributed by atoms with E-state index >= 15 is 0 Å². The SMILES string of the molecule is C[C@@H]1O[C@@H](O[C@@H]2[C@@H](O)[C@H](OCCc3ccc(O)c(O)c3)O[C@H](CO[C@@H]3OC[C@@H](O)[C@H](O)[C@H]3O)[C@H]2OC(=O)C=Cc2ccc(O)c(O)c2)[C@H](O)[C@H](O)[C@H]1O[C@@H]1OC[C@@H](O)[C@H](O)[C@H]1O. The van der Waals surface area contributed by atoms with Gasteiger partial charge in [0.2, 0.25) is 0 Å². The molecule has 13 N–H and O–H groups in total. The lowest BCUT2D eigenvalue weighted by molar-refractivity contribution is -0.374. The highest BCUT2D eigenvalue weighted by Gasteiger charge is 2.54. The summed E-state index contributed by atoms with van der Waals surface area (Å²) in [6, 6.07) is 7.72. The van der Waals surface area contributed by atoms with Gasteiger partial charge in [-0.15, -0.1) is 0 Å². The number of aliphatic hydroxyl groups is 9. The van der Waals surface area contributed by atoms with Crippen molar-refractivity contribution in [2.75, 3.05) is 26.4 Å². The summed E-state index contributed by atoms with van der Waals surface area (Å²) in [5.41, 5.74) is 0.748. The van der Waals surface area contributed by atoms with Crippen molar-refractivity contribution in [3.8, 4) is 23.0 Å². The van der Waals surface area contributed by atoms with Crippen LogP contribution < -0.4 is 0 Å². The van der Waals surface area contributed by atoms with Crippen molar-refractivity contribution in [3.63, 3.8) is 0 Å². The maximum atomic E-state index is 13.4. The number of hydrogen-bond acceptors (Lipinski definition) is 23. The Morgan fingerprint density at radius 1 is 0.629 bits per heavy atom. The van der Waals surface area contributed by atoms with Gasteiger partial charge < -0.3 is 109 Å². The predicted octanol–water partition coefficient (Wildman–Crippen LogP) is -4.09. The summed E-state index contributed by atoms with van der Waals surface area (Å²) in [5, 5.41) is 135. The van der Waals surface area contributed by atoms with E-state index in [2.05, 4.69) is 0 Å². The predicted molar refractivity (Wildman–Crippen MR) is 200 cm³/mol. The molecular formula is C39H52O23. The molecule has 0 amide bonds. The third-order valence-corrected chi connectivity index (χ3v) is 10.7. The summed E-state index contributed by atoms with van der Waals surface area (Å²) >= 11 is 0. The Bertz CT molecular complexity index is 1820.